The molecule has 2 amide bonds. The molecular formula is C17H12BrN5O4S. The van der Waals surface area contributed by atoms with Crippen molar-refractivity contribution in [1.82, 2.24) is 5.32 Å². The van der Waals surface area contributed by atoms with Gasteiger partial charge in [-0.15, -0.1) is 0 Å². The molecule has 142 valence electrons. The highest BCUT2D eigenvalue weighted by molar-refractivity contribution is 9.10. The molecule has 0 unspecified atom stereocenters. The average Bonchev–Trinajstić information content (AvgIpc) is 2.66. The van der Waals surface area contributed by atoms with Crippen molar-refractivity contribution in [3.05, 3.63) is 63.1 Å². The minimum Gasteiger partial charge on any atom is -0.301 e. The topological polar surface area (TPSA) is 117 Å². The lowest BCUT2D eigenvalue weighted by molar-refractivity contribution is -0.384. The minimum absolute atomic E-state index is 0.00898. The van der Waals surface area contributed by atoms with E-state index >= 15 is 0 Å². The molecule has 0 spiro atoms. The van der Waals surface area contributed by atoms with Crippen LogP contribution in [-0.2, 0) is 9.59 Å². The van der Waals surface area contributed by atoms with Crippen LogP contribution in [0, 0.1) is 16.0 Å². The number of nitrogens with one attached hydrogen (secondary N) is 2. The van der Waals surface area contributed by atoms with Crippen LogP contribution in [0.5, 0.6) is 0 Å². The first-order valence-electron chi connectivity index (χ1n) is 7.85. The highest BCUT2D eigenvalue weighted by Gasteiger charge is 2.38. The maximum atomic E-state index is 12.8. The predicted molar refractivity (Wildman–Crippen MR) is 111 cm³/mol. The molecule has 0 saturated carbocycles. The molecular weight excluding hydrogens is 450 g/mol. The number of hydrazone groups is 1. The van der Waals surface area contributed by atoms with Gasteiger partial charge in [0, 0.05) is 22.8 Å². The van der Waals surface area contributed by atoms with Crippen LogP contribution in [0.25, 0.3) is 0 Å². The predicted octanol–water partition coefficient (Wildman–Crippen LogP) is 2.82. The number of halogens is 1. The lowest BCUT2D eigenvalue weighted by Crippen LogP contribution is -2.58. The molecule has 1 saturated heterocycles. The third kappa shape index (κ3) is 4.21. The number of non-ortho nitro benzene ring substituents is 1. The summed E-state index contributed by atoms with van der Waals surface area (Å²) in [6.45, 7) is 0. The molecule has 1 fully saturated rings. The van der Waals surface area contributed by atoms with E-state index in [0.29, 0.717) is 11.4 Å². The number of hydrogen-bond donors (Lipinski definition) is 2. The fourth-order valence-corrected chi connectivity index (χ4v) is 2.96. The molecule has 1 aliphatic rings. The fourth-order valence-electron chi connectivity index (χ4n) is 2.40. The molecule has 1 heterocycles. The number of anilines is 2. The molecule has 3 rings (SSSR count). The Morgan fingerprint density at radius 2 is 1.82 bits per heavy atom. The number of benzene rings is 2. The molecule has 9 nitrogen and oxygen atoms in total. The number of thiocarbonyl (C=S) groups is 1. The largest absolute Gasteiger partial charge is 0.301 e. The van der Waals surface area contributed by atoms with E-state index in [1.54, 1.807) is 24.3 Å². The number of carbonyl (C=O) groups is 2. The smallest absolute Gasteiger partial charge is 0.269 e. The van der Waals surface area contributed by atoms with Crippen LogP contribution in [0.1, 0.15) is 0 Å². The summed E-state index contributed by atoms with van der Waals surface area (Å²) in [5, 5.41) is 17.0. The van der Waals surface area contributed by atoms with E-state index in [2.05, 4.69) is 31.8 Å². The van der Waals surface area contributed by atoms with E-state index < -0.39 is 22.7 Å². The fraction of sp³-hybridized carbons (Fsp3) is 0.0588. The highest BCUT2D eigenvalue weighted by Crippen LogP contribution is 2.22. The van der Waals surface area contributed by atoms with Gasteiger partial charge in [-0.1, -0.05) is 15.9 Å². The second-order valence-electron chi connectivity index (χ2n) is 5.62. The molecule has 0 radical (unpaired) electrons. The lowest BCUT2D eigenvalue weighted by atomic mass is 10.1. The maximum Gasteiger partial charge on any atom is 0.269 e. The Bertz CT molecular complexity index is 978. The summed E-state index contributed by atoms with van der Waals surface area (Å²) in [4.78, 5) is 36.3. The van der Waals surface area contributed by atoms with Crippen LogP contribution in [0.2, 0.25) is 0 Å². The first-order chi connectivity index (χ1) is 13.4. The first kappa shape index (κ1) is 19.6. The van der Waals surface area contributed by atoms with Crippen molar-refractivity contribution in [3.8, 4) is 0 Å². The van der Waals surface area contributed by atoms with Gasteiger partial charge < -0.3 is 5.32 Å². The van der Waals surface area contributed by atoms with Gasteiger partial charge in [0.2, 0.25) is 5.91 Å². The van der Waals surface area contributed by atoms with Gasteiger partial charge in [0.1, 0.15) is 0 Å². The number of nitro benzene ring substituents is 1. The molecule has 2 N–H and O–H groups in total. The average molecular weight is 462 g/mol. The molecule has 28 heavy (non-hydrogen) atoms. The normalized spacial score (nSPS) is 17.0. The van der Waals surface area contributed by atoms with E-state index in [0.717, 1.165) is 10.7 Å². The van der Waals surface area contributed by atoms with Gasteiger partial charge in [-0.05, 0) is 48.6 Å². The second kappa shape index (κ2) is 8.23. The van der Waals surface area contributed by atoms with Gasteiger partial charge in [-0.25, -0.2) is 0 Å². The summed E-state index contributed by atoms with van der Waals surface area (Å²) in [6, 6.07) is 12.4. The lowest BCUT2D eigenvalue weighted by Gasteiger charge is -2.30. The Labute approximate surface area is 172 Å². The standard InChI is InChI=1S/C17H12BrN5O4S/c18-10-1-5-12(6-2-10)22-16(25)14(15(24)20-17(22)28)9-19-21-11-3-7-13(8-4-11)23(26)27/h1-9,14,21H,(H,20,24,28)/b19-9-/t14-/m0/s1. The third-order valence-electron chi connectivity index (χ3n) is 3.78. The van der Waals surface area contributed by atoms with Crippen molar-refractivity contribution in [2.45, 2.75) is 0 Å². The summed E-state index contributed by atoms with van der Waals surface area (Å²) >= 11 is 8.43. The highest BCUT2D eigenvalue weighted by atomic mass is 79.9. The van der Waals surface area contributed by atoms with Crippen molar-refractivity contribution in [1.29, 1.82) is 0 Å². The van der Waals surface area contributed by atoms with Crippen LogP contribution in [0.4, 0.5) is 17.1 Å². The number of amides is 2. The number of hydrogen-bond acceptors (Lipinski definition) is 7. The van der Waals surface area contributed by atoms with Gasteiger partial charge in [-0.2, -0.15) is 5.10 Å². The number of rotatable bonds is 5. The number of nitro groups is 1. The Kier molecular flexibility index (Phi) is 5.76. The van der Waals surface area contributed by atoms with Crippen LogP contribution < -0.4 is 15.6 Å². The van der Waals surface area contributed by atoms with Crippen molar-refractivity contribution in [2.24, 2.45) is 11.0 Å². The van der Waals surface area contributed by atoms with E-state index in [9.17, 15) is 19.7 Å². The molecule has 2 aromatic rings. The molecule has 0 aromatic heterocycles. The Morgan fingerprint density at radius 1 is 1.18 bits per heavy atom. The zero-order valence-electron chi connectivity index (χ0n) is 14.0. The molecule has 0 bridgehead atoms. The van der Waals surface area contributed by atoms with E-state index in [1.807, 2.05) is 0 Å². The summed E-state index contributed by atoms with van der Waals surface area (Å²) in [5.74, 6) is -2.30. The van der Waals surface area contributed by atoms with Crippen molar-refractivity contribution in [3.63, 3.8) is 0 Å². The van der Waals surface area contributed by atoms with Crippen LogP contribution in [0.15, 0.2) is 58.1 Å². The number of nitrogens with zero attached hydrogens (tertiary/aromatic N) is 3. The van der Waals surface area contributed by atoms with Crippen molar-refractivity contribution >= 4 is 68.4 Å². The van der Waals surface area contributed by atoms with Crippen molar-refractivity contribution < 1.29 is 14.5 Å². The van der Waals surface area contributed by atoms with Crippen LogP contribution in [-0.4, -0.2) is 28.1 Å². The maximum absolute atomic E-state index is 12.8. The van der Waals surface area contributed by atoms with Gasteiger partial charge in [0.25, 0.3) is 11.6 Å². The zero-order valence-corrected chi connectivity index (χ0v) is 16.4. The zero-order chi connectivity index (χ0) is 20.3. The summed E-state index contributed by atoms with van der Waals surface area (Å²) < 4.78 is 0.834. The molecule has 1 atom stereocenters. The van der Waals surface area contributed by atoms with Crippen LogP contribution in [0.3, 0.4) is 0 Å². The SMILES string of the molecule is O=C1NC(=S)N(c2ccc(Br)cc2)C(=O)[C@H]1/C=N\Nc1ccc([N+](=O)[O-])cc1. The summed E-state index contributed by atoms with van der Waals surface area (Å²) in [7, 11) is 0. The van der Waals surface area contributed by atoms with E-state index in [-0.39, 0.29) is 10.8 Å². The molecule has 0 aliphatic carbocycles. The first-order valence-corrected chi connectivity index (χ1v) is 9.05. The minimum atomic E-state index is -1.18. The number of carbonyl (C=O) groups excluding carboxylic acids is 2. The van der Waals surface area contributed by atoms with Gasteiger partial charge >= 0.3 is 0 Å². The molecule has 2 aromatic carbocycles. The Morgan fingerprint density at radius 3 is 2.43 bits per heavy atom. The van der Waals surface area contributed by atoms with Crippen molar-refractivity contribution in [2.75, 3.05) is 10.3 Å². The summed E-state index contributed by atoms with van der Waals surface area (Å²) in [5.41, 5.74) is 3.55. The molecule has 1 aliphatic heterocycles. The monoisotopic (exact) mass is 461 g/mol. The Balaban J connectivity index is 1.74. The van der Waals surface area contributed by atoms with Gasteiger partial charge in [-0.3, -0.25) is 30.0 Å². The second-order valence-corrected chi connectivity index (χ2v) is 6.92. The van der Waals surface area contributed by atoms with Gasteiger partial charge in [0.15, 0.2) is 11.0 Å². The Hall–Kier alpha value is -3.18. The van der Waals surface area contributed by atoms with E-state index in [4.69, 9.17) is 12.2 Å². The van der Waals surface area contributed by atoms with E-state index in [1.165, 1.54) is 29.2 Å². The van der Waals surface area contributed by atoms with Crippen LogP contribution >= 0.6 is 28.1 Å². The third-order valence-corrected chi connectivity index (χ3v) is 4.60. The molecule has 11 heteroatoms. The quantitative estimate of drug-likeness (QED) is 0.232. The van der Waals surface area contributed by atoms with Gasteiger partial charge in [0.05, 0.1) is 16.3 Å². The summed E-state index contributed by atoms with van der Waals surface area (Å²) in [6.07, 6.45) is 1.16.